The lowest BCUT2D eigenvalue weighted by Crippen LogP contribution is -2.26. The number of aryl methyl sites for hydroxylation is 1. The third-order valence-corrected chi connectivity index (χ3v) is 4.23. The van der Waals surface area contributed by atoms with Gasteiger partial charge < -0.3 is 10.6 Å². The van der Waals surface area contributed by atoms with Gasteiger partial charge in [-0.1, -0.05) is 25.5 Å². The van der Waals surface area contributed by atoms with Crippen LogP contribution in [0.25, 0.3) is 0 Å². The number of benzene rings is 1. The highest BCUT2D eigenvalue weighted by molar-refractivity contribution is 5.55. The number of nitrogens with two attached hydrogens (primary N) is 1. The summed E-state index contributed by atoms with van der Waals surface area (Å²) in [5, 5.41) is 0. The largest absolute Gasteiger partial charge is 0.371 e. The molecule has 1 aliphatic heterocycles. The van der Waals surface area contributed by atoms with Crippen molar-refractivity contribution in [1.29, 1.82) is 0 Å². The van der Waals surface area contributed by atoms with Gasteiger partial charge >= 0.3 is 0 Å². The Labute approximate surface area is 111 Å². The van der Waals surface area contributed by atoms with E-state index in [1.807, 2.05) is 0 Å². The average Bonchev–Trinajstić information content (AvgIpc) is 2.63. The molecule has 1 aromatic carbocycles. The molecule has 1 fully saturated rings. The third kappa shape index (κ3) is 3.05. The maximum Gasteiger partial charge on any atom is 0.0414 e. The van der Waals surface area contributed by atoms with Gasteiger partial charge in [0.25, 0.3) is 0 Å². The molecule has 0 bridgehead atoms. The van der Waals surface area contributed by atoms with Crippen molar-refractivity contribution in [2.45, 2.75) is 46.1 Å². The van der Waals surface area contributed by atoms with Crippen molar-refractivity contribution in [2.24, 2.45) is 11.7 Å². The molecular weight excluding hydrogens is 220 g/mol. The predicted molar refractivity (Wildman–Crippen MR) is 78.9 cm³/mol. The second-order valence-electron chi connectivity index (χ2n) is 5.53. The minimum absolute atomic E-state index is 0.642. The van der Waals surface area contributed by atoms with Crippen LogP contribution in [0.4, 0.5) is 5.69 Å². The van der Waals surface area contributed by atoms with Crippen LogP contribution in [-0.4, -0.2) is 13.1 Å². The summed E-state index contributed by atoms with van der Waals surface area (Å²) < 4.78 is 0. The second-order valence-corrected chi connectivity index (χ2v) is 5.53. The predicted octanol–water partition coefficient (Wildman–Crippen LogP) is 3.47. The Morgan fingerprint density at radius 1 is 1.28 bits per heavy atom. The van der Waals surface area contributed by atoms with E-state index in [-0.39, 0.29) is 0 Å². The van der Waals surface area contributed by atoms with Crippen molar-refractivity contribution in [3.63, 3.8) is 0 Å². The van der Waals surface area contributed by atoms with E-state index in [9.17, 15) is 0 Å². The lowest BCUT2D eigenvalue weighted by Gasteiger charge is -2.26. The fourth-order valence-corrected chi connectivity index (χ4v) is 2.96. The van der Waals surface area contributed by atoms with Crippen molar-refractivity contribution in [3.8, 4) is 0 Å². The molecule has 2 N–H and O–H groups in total. The second kappa shape index (κ2) is 6.24. The van der Waals surface area contributed by atoms with Crippen LogP contribution in [0.2, 0.25) is 0 Å². The van der Waals surface area contributed by atoms with Crippen LogP contribution >= 0.6 is 0 Å². The molecule has 0 spiro atoms. The molecule has 0 aliphatic carbocycles. The summed E-state index contributed by atoms with van der Waals surface area (Å²) in [6, 6.07) is 6.65. The molecule has 0 radical (unpaired) electrons. The molecular formula is C16H26N2. The Bertz CT molecular complexity index is 387. The number of anilines is 1. The number of hydrogen-bond acceptors (Lipinski definition) is 2. The van der Waals surface area contributed by atoms with Crippen LogP contribution in [0.1, 0.15) is 43.7 Å². The molecule has 100 valence electrons. The van der Waals surface area contributed by atoms with Gasteiger partial charge in [0.1, 0.15) is 0 Å². The van der Waals surface area contributed by atoms with Crippen LogP contribution in [-0.2, 0) is 6.54 Å². The van der Waals surface area contributed by atoms with Gasteiger partial charge in [-0.25, -0.2) is 0 Å². The summed E-state index contributed by atoms with van der Waals surface area (Å²) >= 11 is 0. The summed E-state index contributed by atoms with van der Waals surface area (Å²) in [5.41, 5.74) is 9.86. The van der Waals surface area contributed by atoms with Gasteiger partial charge in [-0.2, -0.15) is 0 Å². The Balaban J connectivity index is 2.17. The number of rotatable bonds is 3. The summed E-state index contributed by atoms with van der Waals surface area (Å²) in [6.45, 7) is 7.50. The third-order valence-electron chi connectivity index (χ3n) is 4.23. The first-order valence-electron chi connectivity index (χ1n) is 7.29. The van der Waals surface area contributed by atoms with Crippen LogP contribution in [0.5, 0.6) is 0 Å². The summed E-state index contributed by atoms with van der Waals surface area (Å²) in [7, 11) is 0. The molecule has 1 aromatic rings. The maximum atomic E-state index is 5.87. The zero-order valence-electron chi connectivity index (χ0n) is 11.8. The number of hydrogen-bond donors (Lipinski definition) is 1. The summed E-state index contributed by atoms with van der Waals surface area (Å²) in [5.74, 6) is 0.918. The Kier molecular flexibility index (Phi) is 4.65. The first-order chi connectivity index (χ1) is 8.74. The molecule has 1 atom stereocenters. The van der Waals surface area contributed by atoms with Crippen LogP contribution in [0.3, 0.4) is 0 Å². The van der Waals surface area contributed by atoms with Crippen molar-refractivity contribution < 1.29 is 0 Å². The van der Waals surface area contributed by atoms with Crippen molar-refractivity contribution >= 4 is 5.69 Å². The minimum Gasteiger partial charge on any atom is -0.371 e. The van der Waals surface area contributed by atoms with Crippen LogP contribution in [0.15, 0.2) is 18.2 Å². The smallest absolute Gasteiger partial charge is 0.0414 e. The van der Waals surface area contributed by atoms with E-state index in [1.165, 1.54) is 55.6 Å². The molecule has 2 heteroatoms. The topological polar surface area (TPSA) is 29.3 Å². The Morgan fingerprint density at radius 3 is 2.83 bits per heavy atom. The van der Waals surface area contributed by atoms with Gasteiger partial charge in [0, 0.05) is 25.3 Å². The molecule has 2 rings (SSSR count). The molecule has 2 nitrogen and oxygen atoms in total. The van der Waals surface area contributed by atoms with E-state index < -0.39 is 0 Å². The standard InChI is InChI=1S/C16H26N2/c1-3-14-5-4-9-18(10-8-14)16-11-13(2)6-7-15(16)12-17/h6-7,11,14H,3-5,8-10,12,17H2,1-2H3. The quantitative estimate of drug-likeness (QED) is 0.885. The van der Waals surface area contributed by atoms with Crippen LogP contribution in [0, 0.1) is 12.8 Å². The van der Waals surface area contributed by atoms with Crippen molar-refractivity contribution in [2.75, 3.05) is 18.0 Å². The first-order valence-corrected chi connectivity index (χ1v) is 7.29. The molecule has 1 aliphatic rings. The van der Waals surface area contributed by atoms with Gasteiger partial charge in [-0.3, -0.25) is 0 Å². The summed E-state index contributed by atoms with van der Waals surface area (Å²) in [6.07, 6.45) is 5.35. The van der Waals surface area contributed by atoms with Crippen LogP contribution < -0.4 is 10.6 Å². The zero-order valence-corrected chi connectivity index (χ0v) is 11.8. The molecule has 0 aromatic heterocycles. The SMILES string of the molecule is CCC1CCCN(c2cc(C)ccc2CN)CC1. The Morgan fingerprint density at radius 2 is 2.11 bits per heavy atom. The highest BCUT2D eigenvalue weighted by atomic mass is 15.1. The van der Waals surface area contributed by atoms with E-state index in [1.54, 1.807) is 0 Å². The molecule has 0 saturated carbocycles. The Hall–Kier alpha value is -1.02. The highest BCUT2D eigenvalue weighted by Gasteiger charge is 2.17. The average molecular weight is 246 g/mol. The van der Waals surface area contributed by atoms with Crippen molar-refractivity contribution in [1.82, 2.24) is 0 Å². The lowest BCUT2D eigenvalue weighted by molar-refractivity contribution is 0.459. The summed E-state index contributed by atoms with van der Waals surface area (Å²) in [4.78, 5) is 2.55. The fourth-order valence-electron chi connectivity index (χ4n) is 2.96. The van der Waals surface area contributed by atoms with E-state index >= 15 is 0 Å². The van der Waals surface area contributed by atoms with Gasteiger partial charge in [0.05, 0.1) is 0 Å². The fraction of sp³-hybridized carbons (Fsp3) is 0.625. The molecule has 1 heterocycles. The van der Waals surface area contributed by atoms with Gasteiger partial charge in [0.15, 0.2) is 0 Å². The van der Waals surface area contributed by atoms with Gasteiger partial charge in [0.2, 0.25) is 0 Å². The minimum atomic E-state index is 0.642. The highest BCUT2D eigenvalue weighted by Crippen LogP contribution is 2.27. The normalized spacial score (nSPS) is 20.8. The first kappa shape index (κ1) is 13.4. The molecule has 1 saturated heterocycles. The van der Waals surface area contributed by atoms with Gasteiger partial charge in [-0.15, -0.1) is 0 Å². The zero-order chi connectivity index (χ0) is 13.0. The van der Waals surface area contributed by atoms with Crippen molar-refractivity contribution in [3.05, 3.63) is 29.3 Å². The molecule has 18 heavy (non-hydrogen) atoms. The molecule has 1 unspecified atom stereocenters. The lowest BCUT2D eigenvalue weighted by atomic mass is 9.98. The van der Waals surface area contributed by atoms with E-state index in [4.69, 9.17) is 5.73 Å². The van der Waals surface area contributed by atoms with E-state index in [0.29, 0.717) is 6.54 Å². The van der Waals surface area contributed by atoms with E-state index in [2.05, 4.69) is 36.9 Å². The maximum absolute atomic E-state index is 5.87. The monoisotopic (exact) mass is 246 g/mol. The molecule has 0 amide bonds. The number of nitrogens with zero attached hydrogens (tertiary/aromatic N) is 1. The van der Waals surface area contributed by atoms with Gasteiger partial charge in [-0.05, 0) is 49.3 Å². The van der Waals surface area contributed by atoms with E-state index in [0.717, 1.165) is 5.92 Å².